The molecule has 2 rings (SSSR count). The molecule has 0 unspecified atom stereocenters. The van der Waals surface area contributed by atoms with Gasteiger partial charge in [0, 0.05) is 22.5 Å². The molecular formula is C22H25NO7. The fourth-order valence-corrected chi connectivity index (χ4v) is 3.15. The average molecular weight is 415 g/mol. The smallest absolute Gasteiger partial charge is 0.340 e. The maximum Gasteiger partial charge on any atom is 0.340 e. The lowest BCUT2D eigenvalue weighted by molar-refractivity contribution is -0.141. The zero-order valence-corrected chi connectivity index (χ0v) is 17.7. The summed E-state index contributed by atoms with van der Waals surface area (Å²) in [7, 11) is 1.45. The van der Waals surface area contributed by atoms with Crippen LogP contribution in [-0.2, 0) is 20.7 Å². The van der Waals surface area contributed by atoms with Crippen LogP contribution in [0.4, 0.5) is 0 Å². The van der Waals surface area contributed by atoms with Gasteiger partial charge < -0.3 is 19.2 Å². The van der Waals surface area contributed by atoms with Crippen molar-refractivity contribution in [2.24, 2.45) is 0 Å². The van der Waals surface area contributed by atoms with Gasteiger partial charge in [0.2, 0.25) is 5.78 Å². The SMILES string of the molecule is CCOC(=O)c1c(C)[nH]c(C)c1C(=O)COC(=O)Cc1cc(C(C)=O)ccc1OC. The fourth-order valence-electron chi connectivity index (χ4n) is 3.15. The molecule has 0 saturated heterocycles. The Kier molecular flexibility index (Phi) is 7.52. The summed E-state index contributed by atoms with van der Waals surface area (Å²) in [6.07, 6.45) is -0.173. The van der Waals surface area contributed by atoms with E-state index in [9.17, 15) is 19.2 Å². The molecule has 0 fully saturated rings. The van der Waals surface area contributed by atoms with Crippen molar-refractivity contribution in [3.63, 3.8) is 0 Å². The first-order chi connectivity index (χ1) is 14.2. The van der Waals surface area contributed by atoms with E-state index < -0.39 is 24.3 Å². The second-order valence-corrected chi connectivity index (χ2v) is 6.69. The Bertz CT molecular complexity index is 988. The minimum Gasteiger partial charge on any atom is -0.496 e. The van der Waals surface area contributed by atoms with Crippen molar-refractivity contribution in [2.75, 3.05) is 20.3 Å². The van der Waals surface area contributed by atoms with Crippen LogP contribution in [0.25, 0.3) is 0 Å². The predicted octanol–water partition coefficient (Wildman–Crippen LogP) is 2.99. The molecule has 1 aromatic carbocycles. The monoisotopic (exact) mass is 415 g/mol. The summed E-state index contributed by atoms with van der Waals surface area (Å²) in [5.74, 6) is -1.50. The van der Waals surface area contributed by atoms with Gasteiger partial charge in [-0.15, -0.1) is 0 Å². The number of H-pyrrole nitrogens is 1. The normalized spacial score (nSPS) is 10.4. The van der Waals surface area contributed by atoms with Crippen molar-refractivity contribution in [3.8, 4) is 5.75 Å². The number of carbonyl (C=O) groups is 4. The molecule has 8 heteroatoms. The number of nitrogens with one attached hydrogen (secondary N) is 1. The first-order valence-corrected chi connectivity index (χ1v) is 9.42. The number of Topliss-reactive ketones (excluding diaryl/α,β-unsaturated/α-hetero) is 2. The number of ether oxygens (including phenoxy) is 3. The quantitative estimate of drug-likeness (QED) is 0.495. The molecule has 8 nitrogen and oxygen atoms in total. The van der Waals surface area contributed by atoms with E-state index in [0.717, 1.165) is 0 Å². The van der Waals surface area contributed by atoms with Gasteiger partial charge in [-0.25, -0.2) is 4.79 Å². The van der Waals surface area contributed by atoms with E-state index in [2.05, 4.69) is 4.98 Å². The zero-order chi connectivity index (χ0) is 22.4. The minimum absolute atomic E-state index is 0.145. The molecule has 1 N–H and O–H groups in total. The highest BCUT2D eigenvalue weighted by Crippen LogP contribution is 2.22. The average Bonchev–Trinajstić information content (AvgIpc) is 3.00. The van der Waals surface area contributed by atoms with E-state index in [-0.39, 0.29) is 29.9 Å². The molecule has 0 amide bonds. The Balaban J connectivity index is 2.13. The highest BCUT2D eigenvalue weighted by atomic mass is 16.5. The van der Waals surface area contributed by atoms with Gasteiger partial charge in [-0.3, -0.25) is 14.4 Å². The number of methoxy groups -OCH3 is 1. The Morgan fingerprint density at radius 2 is 1.67 bits per heavy atom. The minimum atomic E-state index is -0.662. The Morgan fingerprint density at radius 1 is 1.00 bits per heavy atom. The van der Waals surface area contributed by atoms with Crippen molar-refractivity contribution < 1.29 is 33.4 Å². The molecule has 0 bridgehead atoms. The van der Waals surface area contributed by atoms with Gasteiger partial charge in [0.05, 0.1) is 31.3 Å². The van der Waals surface area contributed by atoms with Crippen LogP contribution in [0.2, 0.25) is 0 Å². The summed E-state index contributed by atoms with van der Waals surface area (Å²) in [6.45, 7) is 6.06. The Morgan fingerprint density at radius 3 is 2.27 bits per heavy atom. The van der Waals surface area contributed by atoms with E-state index in [4.69, 9.17) is 14.2 Å². The first-order valence-electron chi connectivity index (χ1n) is 9.42. The maximum atomic E-state index is 12.7. The summed E-state index contributed by atoms with van der Waals surface area (Å²) >= 11 is 0. The number of rotatable bonds is 9. The second kappa shape index (κ2) is 9.87. The largest absolute Gasteiger partial charge is 0.496 e. The molecule has 0 aliphatic heterocycles. The molecule has 160 valence electrons. The summed E-state index contributed by atoms with van der Waals surface area (Å²) in [6, 6.07) is 4.76. The lowest BCUT2D eigenvalue weighted by atomic mass is 10.0. The number of ketones is 2. The van der Waals surface area contributed by atoms with E-state index in [0.29, 0.717) is 28.3 Å². The Hall–Kier alpha value is -3.42. The van der Waals surface area contributed by atoms with E-state index in [1.165, 1.54) is 14.0 Å². The molecule has 2 aromatic rings. The van der Waals surface area contributed by atoms with Crippen LogP contribution in [0.15, 0.2) is 18.2 Å². The number of carbonyl (C=O) groups excluding carboxylic acids is 4. The number of benzene rings is 1. The molecule has 0 aliphatic carbocycles. The number of aromatic nitrogens is 1. The van der Waals surface area contributed by atoms with Gasteiger partial charge in [-0.1, -0.05) is 0 Å². The maximum absolute atomic E-state index is 12.7. The van der Waals surface area contributed by atoms with Crippen LogP contribution in [0.1, 0.15) is 61.9 Å². The van der Waals surface area contributed by atoms with Gasteiger partial charge in [0.25, 0.3) is 0 Å². The van der Waals surface area contributed by atoms with Crippen molar-refractivity contribution in [3.05, 3.63) is 51.8 Å². The van der Waals surface area contributed by atoms with Crippen LogP contribution in [0.3, 0.4) is 0 Å². The number of hydrogen-bond donors (Lipinski definition) is 1. The Labute approximate surface area is 174 Å². The number of aryl methyl sites for hydroxylation is 2. The van der Waals surface area contributed by atoms with Crippen molar-refractivity contribution in [2.45, 2.75) is 34.1 Å². The molecule has 0 aliphatic rings. The predicted molar refractivity (Wildman–Crippen MR) is 108 cm³/mol. The van der Waals surface area contributed by atoms with Gasteiger partial charge in [0.15, 0.2) is 12.4 Å². The fraction of sp³-hybridized carbons (Fsp3) is 0.364. The molecular weight excluding hydrogens is 390 g/mol. The lowest BCUT2D eigenvalue weighted by Gasteiger charge is -2.10. The third kappa shape index (κ3) is 5.14. The van der Waals surface area contributed by atoms with Crippen LogP contribution in [0, 0.1) is 13.8 Å². The van der Waals surface area contributed by atoms with Crippen molar-refractivity contribution in [1.29, 1.82) is 0 Å². The highest BCUT2D eigenvalue weighted by Gasteiger charge is 2.26. The van der Waals surface area contributed by atoms with Crippen LogP contribution in [-0.4, -0.2) is 48.8 Å². The number of hydrogen-bond acceptors (Lipinski definition) is 7. The van der Waals surface area contributed by atoms with Crippen LogP contribution in [0.5, 0.6) is 5.75 Å². The van der Waals surface area contributed by atoms with Crippen LogP contribution < -0.4 is 4.74 Å². The summed E-state index contributed by atoms with van der Waals surface area (Å²) in [5, 5.41) is 0. The number of aromatic amines is 1. The molecule has 0 saturated carbocycles. The lowest BCUT2D eigenvalue weighted by Crippen LogP contribution is -2.19. The molecule has 30 heavy (non-hydrogen) atoms. The van der Waals surface area contributed by atoms with Gasteiger partial charge >= 0.3 is 11.9 Å². The number of esters is 2. The second-order valence-electron chi connectivity index (χ2n) is 6.69. The van der Waals surface area contributed by atoms with E-state index >= 15 is 0 Å². The third-order valence-electron chi connectivity index (χ3n) is 4.52. The molecule has 0 spiro atoms. The van der Waals surface area contributed by atoms with Crippen molar-refractivity contribution >= 4 is 23.5 Å². The van der Waals surface area contributed by atoms with Gasteiger partial charge in [-0.05, 0) is 45.9 Å². The summed E-state index contributed by atoms with van der Waals surface area (Å²) in [4.78, 5) is 51.7. The molecule has 0 atom stereocenters. The van der Waals surface area contributed by atoms with Crippen LogP contribution >= 0.6 is 0 Å². The van der Waals surface area contributed by atoms with Gasteiger partial charge in [-0.2, -0.15) is 0 Å². The topological polar surface area (TPSA) is 112 Å². The zero-order valence-electron chi connectivity index (χ0n) is 17.7. The molecule has 1 aromatic heterocycles. The first kappa shape index (κ1) is 22.9. The third-order valence-corrected chi connectivity index (χ3v) is 4.52. The van der Waals surface area contributed by atoms with Crippen molar-refractivity contribution in [1.82, 2.24) is 4.98 Å². The summed E-state index contributed by atoms with van der Waals surface area (Å²) in [5.41, 5.74) is 2.20. The highest BCUT2D eigenvalue weighted by molar-refractivity contribution is 6.09. The standard InChI is InChI=1S/C22H25NO7/c1-6-29-22(27)21-13(3)23-12(2)20(21)17(25)11-30-19(26)10-16-9-15(14(4)24)7-8-18(16)28-5/h7-9,23H,6,10-11H2,1-5H3. The summed E-state index contributed by atoms with van der Waals surface area (Å²) < 4.78 is 15.4. The van der Waals surface area contributed by atoms with E-state index in [1.807, 2.05) is 0 Å². The van der Waals surface area contributed by atoms with E-state index in [1.54, 1.807) is 39.0 Å². The molecule has 0 radical (unpaired) electrons. The molecule has 1 heterocycles. The van der Waals surface area contributed by atoms with Gasteiger partial charge in [0.1, 0.15) is 5.75 Å².